The largest absolute Gasteiger partial charge is 0.481 e. The Morgan fingerprint density at radius 2 is 1.76 bits per heavy atom. The third-order valence-electron chi connectivity index (χ3n) is 5.11. The Labute approximate surface area is 147 Å². The lowest BCUT2D eigenvalue weighted by Gasteiger charge is -2.31. The van der Waals surface area contributed by atoms with Gasteiger partial charge in [-0.1, -0.05) is 12.1 Å². The minimum Gasteiger partial charge on any atom is -0.481 e. The molecule has 0 unspecified atom stereocenters. The van der Waals surface area contributed by atoms with Crippen molar-refractivity contribution in [2.75, 3.05) is 19.6 Å². The van der Waals surface area contributed by atoms with Gasteiger partial charge in [0.2, 0.25) is 5.91 Å². The van der Waals surface area contributed by atoms with Gasteiger partial charge in [-0.25, -0.2) is 0 Å². The highest BCUT2D eigenvalue weighted by molar-refractivity contribution is 5.94. The van der Waals surface area contributed by atoms with Crippen LogP contribution in [-0.4, -0.2) is 52.3 Å². The standard InChI is InChI=1S/C19H24N2O4/c22-17-2-1-9-21(17)13-15-3-5-16(6-4-15)19(25)20-10-7-14(8-11-20)12-18(23)24/h3-6,14H,1-2,7-13H2,(H,23,24). The molecule has 1 N–H and O–H groups in total. The Hall–Kier alpha value is -2.37. The van der Waals surface area contributed by atoms with Crippen molar-refractivity contribution in [2.45, 2.75) is 38.6 Å². The first-order chi connectivity index (χ1) is 12.0. The van der Waals surface area contributed by atoms with E-state index in [0.29, 0.717) is 31.6 Å². The number of aliphatic carboxylic acids is 1. The van der Waals surface area contributed by atoms with Crippen LogP contribution >= 0.6 is 0 Å². The van der Waals surface area contributed by atoms with Crippen LogP contribution in [0.1, 0.15) is 48.0 Å². The number of rotatable bonds is 5. The van der Waals surface area contributed by atoms with Crippen LogP contribution in [0.25, 0.3) is 0 Å². The van der Waals surface area contributed by atoms with Crippen molar-refractivity contribution < 1.29 is 19.5 Å². The minimum absolute atomic E-state index is 0.00225. The molecule has 2 aliphatic heterocycles. The second-order valence-electron chi connectivity index (χ2n) is 6.95. The number of carbonyl (C=O) groups excluding carboxylic acids is 2. The van der Waals surface area contributed by atoms with E-state index < -0.39 is 5.97 Å². The van der Waals surface area contributed by atoms with Gasteiger partial charge in [0.05, 0.1) is 0 Å². The number of hydrogen-bond donors (Lipinski definition) is 1. The highest BCUT2D eigenvalue weighted by Crippen LogP contribution is 2.22. The highest BCUT2D eigenvalue weighted by Gasteiger charge is 2.25. The summed E-state index contributed by atoms with van der Waals surface area (Å²) in [7, 11) is 0. The van der Waals surface area contributed by atoms with Crippen molar-refractivity contribution in [3.8, 4) is 0 Å². The topological polar surface area (TPSA) is 77.9 Å². The van der Waals surface area contributed by atoms with Crippen molar-refractivity contribution in [1.29, 1.82) is 0 Å². The Kier molecular flexibility index (Phi) is 5.36. The number of piperidine rings is 1. The number of carboxylic acids is 1. The monoisotopic (exact) mass is 344 g/mol. The predicted octanol–water partition coefficient (Wildman–Crippen LogP) is 2.14. The molecule has 0 bridgehead atoms. The Bertz CT molecular complexity index is 648. The molecule has 1 aromatic carbocycles. The maximum absolute atomic E-state index is 12.6. The summed E-state index contributed by atoms with van der Waals surface area (Å²) >= 11 is 0. The third kappa shape index (κ3) is 4.38. The van der Waals surface area contributed by atoms with E-state index in [1.165, 1.54) is 0 Å². The molecule has 2 saturated heterocycles. The molecule has 2 fully saturated rings. The molecule has 2 aliphatic rings. The lowest BCUT2D eigenvalue weighted by molar-refractivity contribution is -0.138. The van der Waals surface area contributed by atoms with E-state index in [4.69, 9.17) is 5.11 Å². The molecule has 3 rings (SSSR count). The average molecular weight is 344 g/mol. The van der Waals surface area contributed by atoms with Gasteiger partial charge in [-0.15, -0.1) is 0 Å². The summed E-state index contributed by atoms with van der Waals surface area (Å²) in [5.74, 6) is -0.402. The minimum atomic E-state index is -0.767. The molecule has 2 amide bonds. The van der Waals surface area contributed by atoms with E-state index in [9.17, 15) is 14.4 Å². The van der Waals surface area contributed by atoms with E-state index in [2.05, 4.69) is 0 Å². The van der Waals surface area contributed by atoms with E-state index in [-0.39, 0.29) is 24.2 Å². The molecule has 0 radical (unpaired) electrons. The van der Waals surface area contributed by atoms with Crippen molar-refractivity contribution in [1.82, 2.24) is 9.80 Å². The van der Waals surface area contributed by atoms with Crippen LogP contribution in [0.3, 0.4) is 0 Å². The summed E-state index contributed by atoms with van der Waals surface area (Å²) in [5.41, 5.74) is 1.68. The maximum Gasteiger partial charge on any atom is 0.303 e. The first-order valence-corrected chi connectivity index (χ1v) is 8.90. The fourth-order valence-electron chi connectivity index (χ4n) is 3.61. The lowest BCUT2D eigenvalue weighted by Crippen LogP contribution is -2.38. The SMILES string of the molecule is O=C(O)CC1CCN(C(=O)c2ccc(CN3CCCC3=O)cc2)CC1. The first kappa shape index (κ1) is 17.5. The van der Waals surface area contributed by atoms with Crippen LogP contribution in [0.15, 0.2) is 24.3 Å². The van der Waals surface area contributed by atoms with Gasteiger partial charge >= 0.3 is 5.97 Å². The zero-order chi connectivity index (χ0) is 17.8. The molecule has 2 heterocycles. The molecule has 0 spiro atoms. The summed E-state index contributed by atoms with van der Waals surface area (Å²) < 4.78 is 0. The predicted molar refractivity (Wildman–Crippen MR) is 92.0 cm³/mol. The van der Waals surface area contributed by atoms with Crippen LogP contribution in [0.2, 0.25) is 0 Å². The smallest absolute Gasteiger partial charge is 0.303 e. The lowest BCUT2D eigenvalue weighted by atomic mass is 9.93. The number of hydrogen-bond acceptors (Lipinski definition) is 3. The number of carboxylic acid groups (broad SMARTS) is 1. The van der Waals surface area contributed by atoms with Crippen molar-refractivity contribution in [3.63, 3.8) is 0 Å². The third-order valence-corrected chi connectivity index (χ3v) is 5.11. The van der Waals surface area contributed by atoms with Crippen LogP contribution in [0.4, 0.5) is 0 Å². The number of nitrogens with zero attached hydrogens (tertiary/aromatic N) is 2. The second-order valence-corrected chi connectivity index (χ2v) is 6.95. The molecular weight excluding hydrogens is 320 g/mol. The van der Waals surface area contributed by atoms with Crippen LogP contribution in [0.5, 0.6) is 0 Å². The quantitative estimate of drug-likeness (QED) is 0.888. The van der Waals surface area contributed by atoms with E-state index in [1.54, 1.807) is 4.90 Å². The molecule has 6 nitrogen and oxygen atoms in total. The number of likely N-dealkylation sites (tertiary alicyclic amines) is 2. The molecular formula is C19H24N2O4. The molecule has 25 heavy (non-hydrogen) atoms. The maximum atomic E-state index is 12.6. The van der Waals surface area contributed by atoms with Crippen molar-refractivity contribution in [3.05, 3.63) is 35.4 Å². The van der Waals surface area contributed by atoms with Crippen LogP contribution in [-0.2, 0) is 16.1 Å². The van der Waals surface area contributed by atoms with E-state index in [1.807, 2.05) is 29.2 Å². The molecule has 0 atom stereocenters. The number of benzene rings is 1. The zero-order valence-corrected chi connectivity index (χ0v) is 14.3. The molecule has 0 aromatic heterocycles. The molecule has 0 saturated carbocycles. The highest BCUT2D eigenvalue weighted by atomic mass is 16.4. The van der Waals surface area contributed by atoms with Crippen LogP contribution < -0.4 is 0 Å². The van der Waals surface area contributed by atoms with Gasteiger partial charge in [-0.05, 0) is 42.9 Å². The number of carbonyl (C=O) groups is 3. The van der Waals surface area contributed by atoms with Gasteiger partial charge in [0, 0.05) is 44.6 Å². The molecule has 0 aliphatic carbocycles. The van der Waals surface area contributed by atoms with Gasteiger partial charge < -0.3 is 14.9 Å². The Morgan fingerprint density at radius 3 is 2.32 bits per heavy atom. The molecule has 134 valence electrons. The summed E-state index contributed by atoms with van der Waals surface area (Å²) in [4.78, 5) is 38.7. The van der Waals surface area contributed by atoms with Gasteiger partial charge in [0.1, 0.15) is 0 Å². The Morgan fingerprint density at radius 1 is 1.08 bits per heavy atom. The normalized spacial score (nSPS) is 18.6. The number of amides is 2. The summed E-state index contributed by atoms with van der Waals surface area (Å²) in [6, 6.07) is 7.47. The molecule has 1 aromatic rings. The Balaban J connectivity index is 1.54. The van der Waals surface area contributed by atoms with Gasteiger partial charge in [-0.2, -0.15) is 0 Å². The zero-order valence-electron chi connectivity index (χ0n) is 14.3. The fourth-order valence-corrected chi connectivity index (χ4v) is 3.61. The van der Waals surface area contributed by atoms with Crippen LogP contribution in [0, 0.1) is 5.92 Å². The van der Waals surface area contributed by atoms with Gasteiger partial charge in [0.25, 0.3) is 5.91 Å². The average Bonchev–Trinajstić information content (AvgIpc) is 3.00. The second kappa shape index (κ2) is 7.68. The first-order valence-electron chi connectivity index (χ1n) is 8.90. The van der Waals surface area contributed by atoms with E-state index >= 15 is 0 Å². The van der Waals surface area contributed by atoms with Gasteiger partial charge in [-0.3, -0.25) is 14.4 Å². The fraction of sp³-hybridized carbons (Fsp3) is 0.526. The summed E-state index contributed by atoms with van der Waals surface area (Å²) in [5, 5.41) is 8.86. The molecule has 6 heteroatoms. The van der Waals surface area contributed by atoms with E-state index in [0.717, 1.165) is 31.4 Å². The van der Waals surface area contributed by atoms with Crippen molar-refractivity contribution >= 4 is 17.8 Å². The van der Waals surface area contributed by atoms with Crippen molar-refractivity contribution in [2.24, 2.45) is 5.92 Å². The summed E-state index contributed by atoms with van der Waals surface area (Å²) in [6.45, 7) is 2.64. The summed E-state index contributed by atoms with van der Waals surface area (Å²) in [6.07, 6.45) is 3.23. The van der Waals surface area contributed by atoms with Gasteiger partial charge in [0.15, 0.2) is 0 Å².